The first-order valence-electron chi connectivity index (χ1n) is 8.30. The molecular weight excluding hydrogens is 330 g/mol. The first-order chi connectivity index (χ1) is 12.6. The van der Waals surface area contributed by atoms with Crippen LogP contribution in [0.3, 0.4) is 0 Å². The number of benzene rings is 2. The minimum absolute atomic E-state index is 0.217. The lowest BCUT2D eigenvalue weighted by atomic mass is 10.2. The normalized spacial score (nSPS) is 10.5. The average Bonchev–Trinajstić information content (AvgIpc) is 3.28. The maximum Gasteiger partial charge on any atom is 0.274 e. The molecule has 0 fully saturated rings. The second-order valence-corrected chi connectivity index (χ2v) is 5.76. The van der Waals surface area contributed by atoms with Gasteiger partial charge in [0.25, 0.3) is 11.8 Å². The van der Waals surface area contributed by atoms with E-state index in [2.05, 4.69) is 39.6 Å². The molecule has 6 nitrogen and oxygen atoms in total. The topological polar surface area (TPSA) is 95.3 Å². The van der Waals surface area contributed by atoms with E-state index in [0.717, 1.165) is 5.56 Å². The summed E-state index contributed by atoms with van der Waals surface area (Å²) < 4.78 is 0. The number of amides is 1. The lowest BCUT2D eigenvalue weighted by Gasteiger charge is -2.08. The largest absolute Gasteiger partial charge is 0.501 e. The molecule has 0 radical (unpaired) electrons. The lowest BCUT2D eigenvalue weighted by molar-refractivity contribution is 0.0941. The summed E-state index contributed by atoms with van der Waals surface area (Å²) in [4.78, 5) is 19.6. The molecule has 3 N–H and O–H groups in total. The molecule has 0 spiro atoms. The van der Waals surface area contributed by atoms with Gasteiger partial charge in [0.2, 0.25) is 5.75 Å². The molecule has 0 aliphatic heterocycles. The molecule has 26 heavy (non-hydrogen) atoms. The van der Waals surface area contributed by atoms with Crippen molar-refractivity contribution in [3.05, 3.63) is 71.7 Å². The zero-order valence-electron chi connectivity index (χ0n) is 14.3. The van der Waals surface area contributed by atoms with E-state index in [1.54, 1.807) is 6.92 Å². The number of carbonyl (C=O) groups is 1. The van der Waals surface area contributed by atoms with Gasteiger partial charge in [0, 0.05) is 13.0 Å². The first-order valence-corrected chi connectivity index (χ1v) is 8.30. The van der Waals surface area contributed by atoms with Crippen LogP contribution in [0.4, 0.5) is 0 Å². The van der Waals surface area contributed by atoms with Gasteiger partial charge in [-0.1, -0.05) is 55.5 Å². The summed E-state index contributed by atoms with van der Waals surface area (Å²) >= 11 is 0. The summed E-state index contributed by atoms with van der Waals surface area (Å²) in [5.74, 6) is -1.45. The third-order valence-electron chi connectivity index (χ3n) is 3.85. The number of rotatable bonds is 4. The number of hydrogen-bond acceptors (Lipinski definition) is 5. The Morgan fingerprint density at radius 3 is 2.23 bits per heavy atom. The van der Waals surface area contributed by atoms with E-state index in [1.165, 1.54) is 11.1 Å². The number of aryl methyl sites for hydroxylation is 1. The Balaban J connectivity index is 0.000000269. The van der Waals surface area contributed by atoms with Crippen LogP contribution in [0.1, 0.15) is 28.8 Å². The number of fused-ring (bicyclic) bond motifs is 1. The van der Waals surface area contributed by atoms with Crippen molar-refractivity contribution in [3.63, 3.8) is 0 Å². The highest BCUT2D eigenvalue weighted by molar-refractivity contribution is 5.95. The van der Waals surface area contributed by atoms with Crippen LogP contribution < -0.4 is 5.32 Å². The van der Waals surface area contributed by atoms with Gasteiger partial charge in [-0.2, -0.15) is 4.98 Å². The van der Waals surface area contributed by atoms with Gasteiger partial charge in [-0.15, -0.1) is 0 Å². The van der Waals surface area contributed by atoms with E-state index >= 15 is 0 Å². The van der Waals surface area contributed by atoms with E-state index in [9.17, 15) is 15.0 Å². The van der Waals surface area contributed by atoms with E-state index in [-0.39, 0.29) is 5.69 Å². The van der Waals surface area contributed by atoms with Crippen molar-refractivity contribution in [1.29, 1.82) is 0 Å². The molecule has 1 aromatic carbocycles. The zero-order chi connectivity index (χ0) is 18.5. The molecule has 0 saturated heterocycles. The lowest BCUT2D eigenvalue weighted by Crippen LogP contribution is -2.24. The highest BCUT2D eigenvalue weighted by Gasteiger charge is 2.18. The van der Waals surface area contributed by atoms with Crippen LogP contribution in [0.15, 0.2) is 54.6 Å². The van der Waals surface area contributed by atoms with Gasteiger partial charge in [-0.25, -0.2) is 4.98 Å². The van der Waals surface area contributed by atoms with Gasteiger partial charge in [-0.05, 0) is 22.8 Å². The van der Waals surface area contributed by atoms with E-state index in [4.69, 9.17) is 0 Å². The van der Waals surface area contributed by atoms with Crippen LogP contribution in [-0.2, 0) is 13.0 Å². The number of nitrogens with one attached hydrogen (secondary N) is 1. The van der Waals surface area contributed by atoms with Crippen molar-refractivity contribution in [2.24, 2.45) is 0 Å². The Bertz CT molecular complexity index is 910. The maximum absolute atomic E-state index is 12.0. The predicted octanol–water partition coefficient (Wildman–Crippen LogP) is 3.05. The molecule has 1 heterocycles. The highest BCUT2D eigenvalue weighted by Crippen LogP contribution is 2.32. The van der Waals surface area contributed by atoms with Crippen LogP contribution in [0, 0.1) is 0 Å². The molecule has 2 aliphatic carbocycles. The average molecular weight is 349 g/mol. The van der Waals surface area contributed by atoms with Crippen LogP contribution >= 0.6 is 0 Å². The molecule has 6 heteroatoms. The summed E-state index contributed by atoms with van der Waals surface area (Å²) in [5, 5.41) is 21.7. The zero-order valence-corrected chi connectivity index (χ0v) is 14.3. The van der Waals surface area contributed by atoms with E-state index < -0.39 is 17.5 Å². The van der Waals surface area contributed by atoms with Crippen LogP contribution in [-0.4, -0.2) is 26.1 Å². The number of carbonyl (C=O) groups excluding carboxylic acids is 1. The standard InChI is InChI=1S/C14H15N3O3.C6H4/c1-2-10-16-11(12(18)14(20)17-10)13(19)15-8-9-6-4-3-5-7-9;1-2-5-4-6(5)3-1/h3-7,18H,2,8H2,1H3,(H,15,19)(H,16,17,20);1-4H. The molecule has 2 aromatic rings. The summed E-state index contributed by atoms with van der Waals surface area (Å²) in [7, 11) is 0. The van der Waals surface area contributed by atoms with E-state index in [1.807, 2.05) is 30.3 Å². The fraction of sp³-hybridized carbons (Fsp3) is 0.150. The monoisotopic (exact) mass is 349 g/mol. The predicted molar refractivity (Wildman–Crippen MR) is 97.8 cm³/mol. The molecule has 0 unspecified atom stereocenters. The highest BCUT2D eigenvalue weighted by atomic mass is 16.3. The second-order valence-electron chi connectivity index (χ2n) is 5.76. The molecule has 0 atom stereocenters. The second kappa shape index (κ2) is 7.65. The van der Waals surface area contributed by atoms with Gasteiger partial charge in [0.05, 0.1) is 0 Å². The Hall–Kier alpha value is -3.41. The molecule has 132 valence electrons. The molecule has 1 aromatic heterocycles. The Morgan fingerprint density at radius 1 is 1.00 bits per heavy atom. The van der Waals surface area contributed by atoms with Crippen molar-refractivity contribution >= 4 is 5.91 Å². The van der Waals surface area contributed by atoms with Crippen LogP contribution in [0.5, 0.6) is 11.6 Å². The Labute approximate surface area is 151 Å². The third-order valence-corrected chi connectivity index (χ3v) is 3.85. The minimum atomic E-state index is -0.604. The Kier molecular flexibility index (Phi) is 5.12. The van der Waals surface area contributed by atoms with Gasteiger partial charge >= 0.3 is 0 Å². The molecule has 2 aliphatic rings. The molecule has 0 bridgehead atoms. The van der Waals surface area contributed by atoms with Crippen molar-refractivity contribution in [2.75, 3.05) is 0 Å². The molecule has 0 saturated carbocycles. The van der Waals surface area contributed by atoms with Crippen molar-refractivity contribution in [3.8, 4) is 22.8 Å². The fourth-order valence-electron chi connectivity index (χ4n) is 2.34. The molecule has 4 rings (SSSR count). The first kappa shape index (κ1) is 17.4. The Morgan fingerprint density at radius 2 is 1.69 bits per heavy atom. The number of hydrogen-bond donors (Lipinski definition) is 3. The van der Waals surface area contributed by atoms with Crippen molar-refractivity contribution < 1.29 is 15.0 Å². The van der Waals surface area contributed by atoms with Gasteiger partial charge in [0.15, 0.2) is 5.69 Å². The quantitative estimate of drug-likeness (QED) is 0.526. The fourth-order valence-corrected chi connectivity index (χ4v) is 2.34. The number of nitrogens with zero attached hydrogens (tertiary/aromatic N) is 2. The van der Waals surface area contributed by atoms with Crippen LogP contribution in [0.25, 0.3) is 11.1 Å². The summed E-state index contributed by atoms with van der Waals surface area (Å²) in [6.07, 6.45) is 0.451. The van der Waals surface area contributed by atoms with Crippen molar-refractivity contribution in [1.82, 2.24) is 15.3 Å². The molecular formula is C20H19N3O3. The maximum atomic E-state index is 12.0. The third kappa shape index (κ3) is 4.16. The summed E-state index contributed by atoms with van der Waals surface area (Å²) in [6, 6.07) is 17.8. The van der Waals surface area contributed by atoms with E-state index in [0.29, 0.717) is 18.8 Å². The number of aromatic hydroxyl groups is 2. The number of aromatic nitrogens is 2. The van der Waals surface area contributed by atoms with Gasteiger partial charge in [0.1, 0.15) is 5.82 Å². The SMILES string of the molecule is CCc1nc(O)c(O)c(C(=O)NCc2ccccc2)n1.c1cc2cc-2c1. The van der Waals surface area contributed by atoms with Gasteiger partial charge < -0.3 is 15.5 Å². The van der Waals surface area contributed by atoms with Gasteiger partial charge in [-0.3, -0.25) is 4.79 Å². The van der Waals surface area contributed by atoms with Crippen LogP contribution in [0.2, 0.25) is 0 Å². The molecule has 1 amide bonds. The summed E-state index contributed by atoms with van der Waals surface area (Å²) in [5.41, 5.74) is 3.56. The summed E-state index contributed by atoms with van der Waals surface area (Å²) in [6.45, 7) is 2.10. The van der Waals surface area contributed by atoms with Crippen molar-refractivity contribution in [2.45, 2.75) is 19.9 Å². The smallest absolute Gasteiger partial charge is 0.274 e. The minimum Gasteiger partial charge on any atom is -0.501 e.